The van der Waals surface area contributed by atoms with E-state index in [1.54, 1.807) is 24.2 Å². The highest BCUT2D eigenvalue weighted by molar-refractivity contribution is 7.99. The molecule has 4 nitrogen and oxygen atoms in total. The van der Waals surface area contributed by atoms with Gasteiger partial charge in [-0.3, -0.25) is 4.98 Å². The van der Waals surface area contributed by atoms with E-state index < -0.39 is 4.33 Å². The molecule has 0 amide bonds. The predicted octanol–water partition coefficient (Wildman–Crippen LogP) is 3.16. The van der Waals surface area contributed by atoms with Crippen molar-refractivity contribution in [3.8, 4) is 11.4 Å². The molecule has 0 aromatic carbocycles. The summed E-state index contributed by atoms with van der Waals surface area (Å²) in [5.74, 6) is 2.06. The van der Waals surface area contributed by atoms with Gasteiger partial charge in [0.1, 0.15) is 4.33 Å². The van der Waals surface area contributed by atoms with Crippen LogP contribution in [0.25, 0.3) is 11.4 Å². The first kappa shape index (κ1) is 13.2. The SMILES string of the molecule is Cn1c(SC[C@H]2CC2(Cl)Cl)nnc1-c1ccncc1. The largest absolute Gasteiger partial charge is 0.305 e. The first-order chi connectivity index (χ1) is 9.08. The van der Waals surface area contributed by atoms with Crippen molar-refractivity contribution in [1.29, 1.82) is 0 Å². The summed E-state index contributed by atoms with van der Waals surface area (Å²) in [6, 6.07) is 3.84. The molecular formula is C12H12Cl2N4S. The first-order valence-corrected chi connectivity index (χ1v) is 7.62. The molecule has 2 aromatic rings. The van der Waals surface area contributed by atoms with Crippen molar-refractivity contribution in [2.45, 2.75) is 15.9 Å². The molecule has 1 aliphatic rings. The van der Waals surface area contributed by atoms with Crippen LogP contribution in [0.2, 0.25) is 0 Å². The highest BCUT2D eigenvalue weighted by Crippen LogP contribution is 2.54. The lowest BCUT2D eigenvalue weighted by Crippen LogP contribution is -1.98. The molecule has 7 heteroatoms. The zero-order chi connectivity index (χ0) is 13.5. The van der Waals surface area contributed by atoms with E-state index >= 15 is 0 Å². The maximum absolute atomic E-state index is 6.02. The van der Waals surface area contributed by atoms with Crippen LogP contribution in [0, 0.1) is 5.92 Å². The Hall–Kier alpha value is -0.780. The molecule has 1 atom stereocenters. The van der Waals surface area contributed by atoms with Gasteiger partial charge in [-0.1, -0.05) is 11.8 Å². The molecule has 2 heterocycles. The predicted molar refractivity (Wildman–Crippen MR) is 77.5 cm³/mol. The van der Waals surface area contributed by atoms with E-state index in [4.69, 9.17) is 23.2 Å². The zero-order valence-corrected chi connectivity index (χ0v) is 12.6. The molecule has 1 saturated carbocycles. The van der Waals surface area contributed by atoms with Crippen LogP contribution in [-0.4, -0.2) is 29.8 Å². The minimum Gasteiger partial charge on any atom is -0.305 e. The number of alkyl halides is 2. The number of pyridine rings is 1. The average Bonchev–Trinajstić information content (AvgIpc) is 2.85. The van der Waals surface area contributed by atoms with E-state index in [0.29, 0.717) is 5.92 Å². The molecule has 0 unspecified atom stereocenters. The highest BCUT2D eigenvalue weighted by Gasteiger charge is 2.51. The Bertz CT molecular complexity index is 585. The Balaban J connectivity index is 1.73. The average molecular weight is 315 g/mol. The van der Waals surface area contributed by atoms with E-state index in [1.807, 2.05) is 23.7 Å². The molecule has 2 aromatic heterocycles. The first-order valence-electron chi connectivity index (χ1n) is 5.88. The van der Waals surface area contributed by atoms with Gasteiger partial charge in [-0.05, 0) is 18.6 Å². The smallest absolute Gasteiger partial charge is 0.191 e. The summed E-state index contributed by atoms with van der Waals surface area (Å²) >= 11 is 13.7. The van der Waals surface area contributed by atoms with Gasteiger partial charge in [0.2, 0.25) is 0 Å². The molecule has 19 heavy (non-hydrogen) atoms. The Kier molecular flexibility index (Phi) is 3.45. The number of nitrogens with zero attached hydrogens (tertiary/aromatic N) is 4. The molecule has 0 N–H and O–H groups in total. The summed E-state index contributed by atoms with van der Waals surface area (Å²) in [7, 11) is 1.96. The fourth-order valence-corrected chi connectivity index (χ4v) is 3.66. The minimum absolute atomic E-state index is 0.349. The summed E-state index contributed by atoms with van der Waals surface area (Å²) in [4.78, 5) is 4.00. The molecule has 0 radical (unpaired) electrons. The number of hydrogen-bond acceptors (Lipinski definition) is 4. The van der Waals surface area contributed by atoms with Crippen LogP contribution in [0.15, 0.2) is 29.7 Å². The number of hydrogen-bond donors (Lipinski definition) is 0. The molecule has 0 aliphatic heterocycles. The molecule has 3 rings (SSSR count). The summed E-state index contributed by atoms with van der Waals surface area (Å²) in [5, 5.41) is 9.31. The summed E-state index contributed by atoms with van der Waals surface area (Å²) in [6.45, 7) is 0. The fourth-order valence-electron chi connectivity index (χ4n) is 1.82. The van der Waals surface area contributed by atoms with Gasteiger partial charge in [-0.2, -0.15) is 0 Å². The minimum atomic E-state index is -0.528. The van der Waals surface area contributed by atoms with Crippen LogP contribution >= 0.6 is 35.0 Å². The van der Waals surface area contributed by atoms with E-state index in [9.17, 15) is 0 Å². The van der Waals surface area contributed by atoms with Crippen LogP contribution in [0.3, 0.4) is 0 Å². The molecule has 0 bridgehead atoms. The third-order valence-corrected chi connectivity index (χ3v) is 5.25. The van der Waals surface area contributed by atoms with Crippen LogP contribution < -0.4 is 0 Å². The monoisotopic (exact) mass is 314 g/mol. The lowest BCUT2D eigenvalue weighted by atomic mass is 10.2. The zero-order valence-electron chi connectivity index (χ0n) is 10.3. The van der Waals surface area contributed by atoms with Crippen molar-refractivity contribution in [1.82, 2.24) is 19.7 Å². The topological polar surface area (TPSA) is 43.6 Å². The second kappa shape index (κ2) is 4.96. The van der Waals surface area contributed by atoms with Crippen molar-refractivity contribution in [3.63, 3.8) is 0 Å². The fraction of sp³-hybridized carbons (Fsp3) is 0.417. The maximum atomic E-state index is 6.02. The number of halogens is 2. The Morgan fingerprint density at radius 3 is 2.68 bits per heavy atom. The van der Waals surface area contributed by atoms with Crippen molar-refractivity contribution in [2.75, 3.05) is 5.75 Å². The van der Waals surface area contributed by atoms with Crippen LogP contribution in [0.5, 0.6) is 0 Å². The van der Waals surface area contributed by atoms with Crippen LogP contribution in [0.1, 0.15) is 6.42 Å². The number of aromatic nitrogens is 4. The van der Waals surface area contributed by atoms with E-state index in [1.165, 1.54) is 0 Å². The van der Waals surface area contributed by atoms with Gasteiger partial charge in [-0.25, -0.2) is 0 Å². The number of rotatable bonds is 4. The van der Waals surface area contributed by atoms with Crippen molar-refractivity contribution < 1.29 is 0 Å². The maximum Gasteiger partial charge on any atom is 0.191 e. The second-order valence-electron chi connectivity index (χ2n) is 4.57. The lowest BCUT2D eigenvalue weighted by molar-refractivity contribution is 0.791. The van der Waals surface area contributed by atoms with Gasteiger partial charge in [0.05, 0.1) is 0 Å². The third-order valence-electron chi connectivity index (χ3n) is 3.14. The summed E-state index contributed by atoms with van der Waals surface area (Å²) < 4.78 is 1.45. The van der Waals surface area contributed by atoms with Crippen LogP contribution in [0.4, 0.5) is 0 Å². The van der Waals surface area contributed by atoms with Crippen molar-refractivity contribution in [3.05, 3.63) is 24.5 Å². The molecular weight excluding hydrogens is 303 g/mol. The molecule has 0 spiro atoms. The van der Waals surface area contributed by atoms with E-state index in [-0.39, 0.29) is 0 Å². The normalized spacial score (nSPS) is 20.5. The summed E-state index contributed by atoms with van der Waals surface area (Å²) in [6.07, 6.45) is 4.35. The van der Waals surface area contributed by atoms with Gasteiger partial charge in [0, 0.05) is 36.7 Å². The van der Waals surface area contributed by atoms with E-state index in [2.05, 4.69) is 15.2 Å². The molecule has 100 valence electrons. The van der Waals surface area contributed by atoms with Gasteiger partial charge in [-0.15, -0.1) is 33.4 Å². The van der Waals surface area contributed by atoms with Gasteiger partial charge in [0.25, 0.3) is 0 Å². The summed E-state index contributed by atoms with van der Waals surface area (Å²) in [5.41, 5.74) is 1.01. The Labute approximate surface area is 125 Å². The lowest BCUT2D eigenvalue weighted by Gasteiger charge is -2.03. The van der Waals surface area contributed by atoms with Gasteiger partial charge >= 0.3 is 0 Å². The second-order valence-corrected chi connectivity index (χ2v) is 7.10. The Morgan fingerprint density at radius 2 is 2.05 bits per heavy atom. The quantitative estimate of drug-likeness (QED) is 0.642. The van der Waals surface area contributed by atoms with Gasteiger partial charge in [0.15, 0.2) is 11.0 Å². The number of thioether (sulfide) groups is 1. The molecule has 1 fully saturated rings. The third kappa shape index (κ3) is 2.73. The highest BCUT2D eigenvalue weighted by atomic mass is 35.5. The van der Waals surface area contributed by atoms with Gasteiger partial charge < -0.3 is 4.57 Å². The van der Waals surface area contributed by atoms with Crippen LogP contribution in [-0.2, 0) is 7.05 Å². The standard InChI is InChI=1S/C12H12Cl2N4S/c1-18-10(8-2-4-15-5-3-8)16-17-11(18)19-7-9-6-12(9,13)14/h2-5,9H,6-7H2,1H3/t9-/m1/s1. The van der Waals surface area contributed by atoms with E-state index in [0.717, 1.165) is 28.7 Å². The molecule has 1 aliphatic carbocycles. The van der Waals surface area contributed by atoms with Crippen molar-refractivity contribution in [2.24, 2.45) is 13.0 Å². The molecule has 0 saturated heterocycles. The van der Waals surface area contributed by atoms with Crippen molar-refractivity contribution >= 4 is 35.0 Å². The Morgan fingerprint density at radius 1 is 1.37 bits per heavy atom.